The van der Waals surface area contributed by atoms with E-state index in [1.807, 2.05) is 27.7 Å². The molecule has 0 saturated heterocycles. The highest BCUT2D eigenvalue weighted by molar-refractivity contribution is 4.96. The highest BCUT2D eigenvalue weighted by atomic mass is 14.3. The second kappa shape index (κ2) is 22.3. The Labute approximate surface area is 283 Å². The zero-order valence-electron chi connectivity index (χ0n) is 35.3. The molecule has 44 heavy (non-hydrogen) atoms. The summed E-state index contributed by atoms with van der Waals surface area (Å²) in [7, 11) is 0. The van der Waals surface area contributed by atoms with Crippen LogP contribution in [0.4, 0.5) is 0 Å². The van der Waals surface area contributed by atoms with Crippen LogP contribution in [0.1, 0.15) is 191 Å². The van der Waals surface area contributed by atoms with Gasteiger partial charge in [-0.05, 0) is 119 Å². The maximum atomic E-state index is 3.97. The van der Waals surface area contributed by atoms with Crippen molar-refractivity contribution in [2.75, 3.05) is 0 Å². The van der Waals surface area contributed by atoms with Gasteiger partial charge in [0, 0.05) is 0 Å². The van der Waals surface area contributed by atoms with Gasteiger partial charge in [-0.25, -0.2) is 0 Å². The summed E-state index contributed by atoms with van der Waals surface area (Å²) in [5.74, 6) is 0. The molecule has 0 spiro atoms. The van der Waals surface area contributed by atoms with Crippen LogP contribution >= 0.6 is 0 Å². The van der Waals surface area contributed by atoms with Gasteiger partial charge in [0.25, 0.3) is 0 Å². The van der Waals surface area contributed by atoms with E-state index in [4.69, 9.17) is 0 Å². The molecule has 0 bridgehead atoms. The van der Waals surface area contributed by atoms with Crippen molar-refractivity contribution in [3.05, 3.63) is 60.8 Å². The molecule has 0 aliphatic heterocycles. The Kier molecular flexibility index (Phi) is 26.4. The molecule has 0 amide bonds. The second-order valence-electron chi connectivity index (χ2n) is 20.5. The summed E-state index contributed by atoms with van der Waals surface area (Å²) in [5.41, 5.74) is 8.73. The number of hydrogen-bond donors (Lipinski definition) is 0. The van der Waals surface area contributed by atoms with E-state index in [9.17, 15) is 0 Å². The van der Waals surface area contributed by atoms with Gasteiger partial charge in [0.2, 0.25) is 0 Å². The van der Waals surface area contributed by atoms with Gasteiger partial charge in [0.05, 0.1) is 0 Å². The highest BCUT2D eigenvalue weighted by Gasteiger charge is 2.26. The Hall–Kier alpha value is -1.30. The van der Waals surface area contributed by atoms with Crippen molar-refractivity contribution in [1.82, 2.24) is 0 Å². The van der Waals surface area contributed by atoms with Gasteiger partial charge >= 0.3 is 0 Å². The normalized spacial score (nSPS) is 12.0. The average molecular weight is 617 g/mol. The van der Waals surface area contributed by atoms with E-state index >= 15 is 0 Å². The third kappa shape index (κ3) is 63.8. The third-order valence-corrected chi connectivity index (χ3v) is 5.37. The van der Waals surface area contributed by atoms with Crippen LogP contribution in [0.2, 0.25) is 0 Å². The number of allylic oxidation sites excluding steroid dienone is 5. The fourth-order valence-electron chi connectivity index (χ4n) is 6.95. The molecule has 0 aliphatic carbocycles. The first-order valence-corrected chi connectivity index (χ1v) is 17.0. The molecule has 0 aromatic rings. The van der Waals surface area contributed by atoms with E-state index < -0.39 is 0 Å². The van der Waals surface area contributed by atoms with Crippen LogP contribution in [0.5, 0.6) is 0 Å². The summed E-state index contributed by atoms with van der Waals surface area (Å²) in [6.07, 6.45) is 7.20. The average Bonchev–Trinajstić information content (AvgIpc) is 2.50. The van der Waals surface area contributed by atoms with Crippen LogP contribution in [0.15, 0.2) is 60.8 Å². The van der Waals surface area contributed by atoms with Crippen LogP contribution in [-0.2, 0) is 0 Å². The molecule has 0 heterocycles. The number of hydrogen-bond acceptors (Lipinski definition) is 0. The first-order chi connectivity index (χ1) is 18.8. The third-order valence-electron chi connectivity index (χ3n) is 5.37. The lowest BCUT2D eigenvalue weighted by atomic mass is 9.73. The molecule has 0 rings (SSSR count). The summed E-state index contributed by atoms with van der Waals surface area (Å²) >= 11 is 0. The maximum Gasteiger partial charge on any atom is -0.0274 e. The summed E-state index contributed by atoms with van der Waals surface area (Å²) in [5, 5.41) is 0. The Morgan fingerprint density at radius 2 is 0.432 bits per heavy atom. The SMILES string of the molecule is C=C(C)C.C=C(C)C.C=C(C)CC(C)(C)CC(C)(C)C.C=C(C)CC(C)(C)CC(C)(C)C.C=C(C)CC(C)(C)CC(C)(C)C. The van der Waals surface area contributed by atoms with Crippen LogP contribution in [0.25, 0.3) is 0 Å². The molecule has 0 unspecified atom stereocenters. The fraction of sp³-hybridized carbons (Fsp3) is 0.773. The van der Waals surface area contributed by atoms with E-state index in [0.29, 0.717) is 32.5 Å². The van der Waals surface area contributed by atoms with Gasteiger partial charge < -0.3 is 0 Å². The smallest absolute Gasteiger partial charge is 0.0274 e. The monoisotopic (exact) mass is 617 g/mol. The molecule has 0 aliphatic rings. The van der Waals surface area contributed by atoms with Crippen LogP contribution < -0.4 is 0 Å². The highest BCUT2D eigenvalue weighted by Crippen LogP contribution is 2.39. The lowest BCUT2D eigenvalue weighted by molar-refractivity contribution is 0.211. The van der Waals surface area contributed by atoms with Crippen molar-refractivity contribution < 1.29 is 0 Å². The lowest BCUT2D eigenvalue weighted by Crippen LogP contribution is -2.20. The first kappa shape index (κ1) is 52.2. The van der Waals surface area contributed by atoms with Crippen LogP contribution in [0.3, 0.4) is 0 Å². The van der Waals surface area contributed by atoms with Crippen molar-refractivity contribution >= 4 is 0 Å². The van der Waals surface area contributed by atoms with Crippen LogP contribution in [-0.4, -0.2) is 0 Å². The summed E-state index contributed by atoms with van der Waals surface area (Å²) < 4.78 is 0. The topological polar surface area (TPSA) is 0 Å². The molecule has 0 fully saturated rings. The molecule has 0 heteroatoms. The predicted molar refractivity (Wildman–Crippen MR) is 213 cm³/mol. The largest absolute Gasteiger partial charge is 0.100 e. The second-order valence-corrected chi connectivity index (χ2v) is 20.5. The van der Waals surface area contributed by atoms with E-state index in [1.165, 1.54) is 47.1 Å². The fourth-order valence-corrected chi connectivity index (χ4v) is 6.95. The first-order valence-electron chi connectivity index (χ1n) is 17.0. The zero-order valence-corrected chi connectivity index (χ0v) is 35.3. The van der Waals surface area contributed by atoms with Crippen molar-refractivity contribution in [3.8, 4) is 0 Å². The van der Waals surface area contributed by atoms with Crippen molar-refractivity contribution in [1.29, 1.82) is 0 Å². The van der Waals surface area contributed by atoms with Gasteiger partial charge in [-0.3, -0.25) is 0 Å². The molecule has 264 valence electrons. The minimum atomic E-state index is 0.407. The van der Waals surface area contributed by atoms with Crippen molar-refractivity contribution in [3.63, 3.8) is 0 Å². The number of rotatable bonds is 9. The molecule has 0 aromatic heterocycles. The molecule has 0 saturated carbocycles. The zero-order chi connectivity index (χ0) is 37.1. The maximum absolute atomic E-state index is 3.97. The molecular formula is C44H88. The molecule has 0 radical (unpaired) electrons. The van der Waals surface area contributed by atoms with Gasteiger partial charge in [0.15, 0.2) is 0 Å². The molecule has 0 nitrogen and oxygen atoms in total. The standard InChI is InChI=1S/3C12H24.2C4H8/c3*1-10(2)8-12(6,7)9-11(3,4)5;2*1-4(2)3/h3*1,8-9H2,2-7H3;2*1H2,2-3H3. The summed E-state index contributed by atoms with van der Waals surface area (Å²) in [6, 6.07) is 0. The lowest BCUT2D eigenvalue weighted by Gasteiger charge is -2.32. The van der Waals surface area contributed by atoms with Crippen LogP contribution in [0, 0.1) is 32.5 Å². The van der Waals surface area contributed by atoms with Crippen molar-refractivity contribution in [2.45, 2.75) is 191 Å². The van der Waals surface area contributed by atoms with Gasteiger partial charge in [-0.2, -0.15) is 0 Å². The van der Waals surface area contributed by atoms with Gasteiger partial charge in [0.1, 0.15) is 0 Å². The molecule has 0 atom stereocenters. The minimum absolute atomic E-state index is 0.407. The van der Waals surface area contributed by atoms with E-state index in [0.717, 1.165) is 19.3 Å². The quantitative estimate of drug-likeness (QED) is 0.226. The van der Waals surface area contributed by atoms with E-state index in [-0.39, 0.29) is 0 Å². The Bertz CT molecular complexity index is 713. The Morgan fingerprint density at radius 3 is 0.500 bits per heavy atom. The molecule has 0 aromatic carbocycles. The van der Waals surface area contributed by atoms with Gasteiger partial charge in [-0.15, -0.1) is 32.9 Å². The van der Waals surface area contributed by atoms with Gasteiger partial charge in [-0.1, -0.05) is 132 Å². The minimum Gasteiger partial charge on any atom is -0.100 e. The Morgan fingerprint density at radius 1 is 0.318 bits per heavy atom. The molecule has 0 N–H and O–H groups in total. The van der Waals surface area contributed by atoms with E-state index in [2.05, 4.69) is 158 Å². The Balaban J connectivity index is -0.000000154. The predicted octanol–water partition coefficient (Wildman–Crippen LogP) is 16.4. The summed E-state index contributed by atoms with van der Waals surface area (Å²) in [4.78, 5) is 0. The van der Waals surface area contributed by atoms with Crippen molar-refractivity contribution in [2.24, 2.45) is 32.5 Å². The molecular weight excluding hydrogens is 528 g/mol. The van der Waals surface area contributed by atoms with E-state index in [1.54, 1.807) is 0 Å². The summed E-state index contributed by atoms with van der Waals surface area (Å²) in [6.45, 7) is 67.9.